The number of ether oxygens (including phenoxy) is 1. The SMILES string of the molecule is COc1cccc(Cc2nsc(N3CCN(C(=O)C(C)(C)C)C(C)C3)n2)c1. The second-order valence-electron chi connectivity index (χ2n) is 8.07. The summed E-state index contributed by atoms with van der Waals surface area (Å²) in [7, 11) is 1.67. The van der Waals surface area contributed by atoms with Gasteiger partial charge in [-0.3, -0.25) is 4.79 Å². The van der Waals surface area contributed by atoms with Gasteiger partial charge in [-0.05, 0) is 24.6 Å². The van der Waals surface area contributed by atoms with E-state index in [9.17, 15) is 4.79 Å². The minimum absolute atomic E-state index is 0.163. The number of aromatic nitrogens is 2. The summed E-state index contributed by atoms with van der Waals surface area (Å²) in [6.07, 6.45) is 0.686. The molecule has 7 heteroatoms. The summed E-state index contributed by atoms with van der Waals surface area (Å²) in [6, 6.07) is 8.15. The summed E-state index contributed by atoms with van der Waals surface area (Å²) in [5.74, 6) is 1.88. The van der Waals surface area contributed by atoms with Crippen molar-refractivity contribution in [1.29, 1.82) is 0 Å². The van der Waals surface area contributed by atoms with Crippen LogP contribution in [-0.2, 0) is 11.2 Å². The van der Waals surface area contributed by atoms with Gasteiger partial charge in [-0.2, -0.15) is 4.37 Å². The van der Waals surface area contributed by atoms with E-state index in [1.165, 1.54) is 11.5 Å². The maximum absolute atomic E-state index is 12.6. The molecule has 3 rings (SSSR count). The Bertz CT molecular complexity index is 799. The molecule has 0 saturated carbocycles. The molecule has 1 aromatic heterocycles. The molecule has 0 bridgehead atoms. The van der Waals surface area contributed by atoms with Crippen molar-refractivity contribution < 1.29 is 9.53 Å². The fraction of sp³-hybridized carbons (Fsp3) is 0.550. The molecule has 1 aliphatic heterocycles. The van der Waals surface area contributed by atoms with Gasteiger partial charge in [0.05, 0.1) is 7.11 Å². The van der Waals surface area contributed by atoms with E-state index in [1.54, 1.807) is 7.11 Å². The van der Waals surface area contributed by atoms with Gasteiger partial charge in [0.1, 0.15) is 11.6 Å². The third-order valence-corrected chi connectivity index (χ3v) is 5.57. The van der Waals surface area contributed by atoms with Gasteiger partial charge in [-0.25, -0.2) is 4.98 Å². The van der Waals surface area contributed by atoms with E-state index in [0.29, 0.717) is 6.42 Å². The number of methoxy groups -OCH3 is 1. The lowest BCUT2D eigenvalue weighted by Crippen LogP contribution is -2.56. The number of piperazine rings is 1. The standard InChI is InChI=1S/C20H28N4O2S/c1-14-13-23(9-10-24(14)18(25)20(2,3)4)19-21-17(22-27-19)12-15-7-6-8-16(11-15)26-5/h6-8,11,14H,9-10,12-13H2,1-5H3. The molecule has 1 unspecified atom stereocenters. The number of carbonyl (C=O) groups excluding carboxylic acids is 1. The maximum Gasteiger partial charge on any atom is 0.228 e. The van der Waals surface area contributed by atoms with Crippen molar-refractivity contribution in [3.05, 3.63) is 35.7 Å². The highest BCUT2D eigenvalue weighted by Crippen LogP contribution is 2.26. The highest BCUT2D eigenvalue weighted by molar-refractivity contribution is 7.09. The van der Waals surface area contributed by atoms with Crippen LogP contribution in [0.15, 0.2) is 24.3 Å². The van der Waals surface area contributed by atoms with Crippen molar-refractivity contribution >= 4 is 22.6 Å². The Balaban J connectivity index is 1.64. The molecule has 1 saturated heterocycles. The number of rotatable bonds is 4. The molecule has 1 aromatic carbocycles. The molecule has 0 radical (unpaired) electrons. The van der Waals surface area contributed by atoms with Crippen LogP contribution in [0.3, 0.4) is 0 Å². The van der Waals surface area contributed by atoms with Gasteiger partial charge >= 0.3 is 0 Å². The minimum atomic E-state index is -0.344. The summed E-state index contributed by atoms with van der Waals surface area (Å²) < 4.78 is 9.81. The lowest BCUT2D eigenvalue weighted by molar-refractivity contribution is -0.142. The third kappa shape index (κ3) is 4.58. The first-order valence-electron chi connectivity index (χ1n) is 9.29. The van der Waals surface area contributed by atoms with Crippen LogP contribution in [0, 0.1) is 5.41 Å². The molecule has 1 amide bonds. The van der Waals surface area contributed by atoms with Crippen LogP contribution in [0.2, 0.25) is 0 Å². The van der Waals surface area contributed by atoms with Gasteiger partial charge in [0, 0.05) is 49.0 Å². The Hall–Kier alpha value is -2.15. The summed E-state index contributed by atoms with van der Waals surface area (Å²) in [5.41, 5.74) is 0.788. The second kappa shape index (κ2) is 7.84. The number of nitrogens with zero attached hydrogens (tertiary/aromatic N) is 4. The smallest absolute Gasteiger partial charge is 0.228 e. The number of benzene rings is 1. The van der Waals surface area contributed by atoms with Crippen LogP contribution >= 0.6 is 11.5 Å². The van der Waals surface area contributed by atoms with E-state index in [0.717, 1.165) is 41.9 Å². The van der Waals surface area contributed by atoms with Crippen LogP contribution in [-0.4, -0.2) is 53.0 Å². The molecule has 2 aromatic rings. The van der Waals surface area contributed by atoms with Gasteiger partial charge in [0.2, 0.25) is 11.0 Å². The predicted molar refractivity (Wildman–Crippen MR) is 109 cm³/mol. The first-order chi connectivity index (χ1) is 12.8. The van der Waals surface area contributed by atoms with Gasteiger partial charge in [-0.1, -0.05) is 32.9 Å². The number of anilines is 1. The molecule has 1 atom stereocenters. The van der Waals surface area contributed by atoms with Gasteiger partial charge < -0.3 is 14.5 Å². The largest absolute Gasteiger partial charge is 0.497 e. The Morgan fingerprint density at radius 3 is 2.78 bits per heavy atom. The fourth-order valence-electron chi connectivity index (χ4n) is 3.27. The molecule has 146 valence electrons. The minimum Gasteiger partial charge on any atom is -0.497 e. The summed E-state index contributed by atoms with van der Waals surface area (Å²) in [6.45, 7) is 10.3. The van der Waals surface area contributed by atoms with Crippen LogP contribution in [0.5, 0.6) is 5.75 Å². The fourth-order valence-corrected chi connectivity index (χ4v) is 3.99. The quantitative estimate of drug-likeness (QED) is 0.805. The molecular formula is C20H28N4O2S. The number of amides is 1. The molecule has 1 fully saturated rings. The first-order valence-corrected chi connectivity index (χ1v) is 10.1. The van der Waals surface area contributed by atoms with E-state index >= 15 is 0 Å². The Kier molecular flexibility index (Phi) is 5.69. The van der Waals surface area contributed by atoms with Crippen molar-refractivity contribution in [2.24, 2.45) is 5.41 Å². The maximum atomic E-state index is 12.6. The average molecular weight is 389 g/mol. The van der Waals surface area contributed by atoms with Crippen LogP contribution < -0.4 is 9.64 Å². The van der Waals surface area contributed by atoms with Crippen LogP contribution in [0.25, 0.3) is 0 Å². The Morgan fingerprint density at radius 1 is 1.33 bits per heavy atom. The lowest BCUT2D eigenvalue weighted by atomic mass is 9.93. The first kappa shape index (κ1) is 19.6. The molecule has 0 aliphatic carbocycles. The second-order valence-corrected chi connectivity index (χ2v) is 8.80. The highest BCUT2D eigenvalue weighted by atomic mass is 32.1. The Morgan fingerprint density at radius 2 is 2.11 bits per heavy atom. The van der Waals surface area contributed by atoms with Gasteiger partial charge in [-0.15, -0.1) is 0 Å². The summed E-state index contributed by atoms with van der Waals surface area (Å²) in [4.78, 5) is 21.6. The van der Waals surface area contributed by atoms with E-state index in [-0.39, 0.29) is 17.4 Å². The van der Waals surface area contributed by atoms with Crippen molar-refractivity contribution in [3.63, 3.8) is 0 Å². The zero-order chi connectivity index (χ0) is 19.6. The van der Waals surface area contributed by atoms with Gasteiger partial charge in [0.15, 0.2) is 0 Å². The van der Waals surface area contributed by atoms with E-state index in [1.807, 2.05) is 43.9 Å². The molecule has 0 N–H and O–H groups in total. The number of carbonyl (C=O) groups is 1. The van der Waals surface area contributed by atoms with Crippen molar-refractivity contribution in [2.45, 2.75) is 40.2 Å². The number of hydrogen-bond donors (Lipinski definition) is 0. The summed E-state index contributed by atoms with van der Waals surface area (Å²) >= 11 is 1.43. The lowest BCUT2D eigenvalue weighted by Gasteiger charge is -2.42. The highest BCUT2D eigenvalue weighted by Gasteiger charge is 2.34. The van der Waals surface area contributed by atoms with E-state index < -0.39 is 0 Å². The van der Waals surface area contributed by atoms with Crippen molar-refractivity contribution in [1.82, 2.24) is 14.3 Å². The number of hydrogen-bond acceptors (Lipinski definition) is 6. The van der Waals surface area contributed by atoms with E-state index in [4.69, 9.17) is 9.72 Å². The van der Waals surface area contributed by atoms with Crippen LogP contribution in [0.1, 0.15) is 39.1 Å². The van der Waals surface area contributed by atoms with Crippen molar-refractivity contribution in [2.75, 3.05) is 31.6 Å². The monoisotopic (exact) mass is 388 g/mol. The zero-order valence-electron chi connectivity index (χ0n) is 16.7. The average Bonchev–Trinajstić information content (AvgIpc) is 3.09. The zero-order valence-corrected chi connectivity index (χ0v) is 17.5. The molecule has 27 heavy (non-hydrogen) atoms. The summed E-state index contributed by atoms with van der Waals surface area (Å²) in [5, 5.41) is 0.933. The molecule has 1 aliphatic rings. The van der Waals surface area contributed by atoms with Crippen molar-refractivity contribution in [3.8, 4) is 5.75 Å². The van der Waals surface area contributed by atoms with Gasteiger partial charge in [0.25, 0.3) is 0 Å². The predicted octanol–water partition coefficient (Wildman–Crippen LogP) is 3.22. The molecule has 2 heterocycles. The van der Waals surface area contributed by atoms with Crippen LogP contribution in [0.4, 0.5) is 5.13 Å². The molecule has 0 spiro atoms. The topological polar surface area (TPSA) is 58.6 Å². The molecule has 6 nitrogen and oxygen atoms in total. The van der Waals surface area contributed by atoms with E-state index in [2.05, 4.69) is 22.3 Å². The normalized spacial score (nSPS) is 17.9. The Labute approximate surface area is 165 Å². The third-order valence-electron chi connectivity index (χ3n) is 4.75. The molecular weight excluding hydrogens is 360 g/mol.